The predicted octanol–water partition coefficient (Wildman–Crippen LogP) is 4.55. The maximum absolute atomic E-state index is 14.0. The lowest BCUT2D eigenvalue weighted by atomic mass is 9.80. The first-order chi connectivity index (χ1) is 8.94. The van der Waals surface area contributed by atoms with Crippen LogP contribution < -0.4 is 0 Å². The third kappa shape index (κ3) is 2.48. The van der Waals surface area contributed by atoms with E-state index in [2.05, 4.69) is 0 Å². The lowest BCUT2D eigenvalue weighted by Gasteiger charge is -2.15. The van der Waals surface area contributed by atoms with E-state index in [0.717, 1.165) is 6.07 Å². The summed E-state index contributed by atoms with van der Waals surface area (Å²) >= 11 is 0. The van der Waals surface area contributed by atoms with Crippen molar-refractivity contribution < 1.29 is 21.8 Å². The van der Waals surface area contributed by atoms with Crippen molar-refractivity contribution in [3.63, 3.8) is 0 Å². The van der Waals surface area contributed by atoms with Gasteiger partial charge in [0.25, 0.3) is 0 Å². The van der Waals surface area contributed by atoms with Crippen molar-refractivity contribution in [2.75, 3.05) is 0 Å². The second-order valence-electron chi connectivity index (χ2n) is 3.96. The van der Waals surface area contributed by atoms with E-state index in [-0.39, 0.29) is 5.56 Å². The molecule has 0 N–H and O–H groups in total. The summed E-state index contributed by atoms with van der Waals surface area (Å²) in [5.41, 5.74) is -1.06. The monoisotopic (exact) mass is 270 g/mol. The highest BCUT2D eigenvalue weighted by Crippen LogP contribution is 2.37. The lowest BCUT2D eigenvalue weighted by Crippen LogP contribution is -2.29. The summed E-state index contributed by atoms with van der Waals surface area (Å²) in [4.78, 5) is 0. The van der Waals surface area contributed by atoms with Crippen LogP contribution in [0.4, 0.5) is 21.8 Å². The molecule has 19 heavy (non-hydrogen) atoms. The van der Waals surface area contributed by atoms with E-state index in [1.54, 1.807) is 18.2 Å². The largest absolute Gasteiger partial charge is 0.613 e. The van der Waals surface area contributed by atoms with Gasteiger partial charge in [0, 0.05) is 5.56 Å². The molecule has 0 heterocycles. The molecule has 2 rings (SSSR count). The molecular weight excluding hydrogens is 262 g/mol. The molecule has 0 saturated heterocycles. The number of hydrogen-bond acceptors (Lipinski definition) is 0. The van der Waals surface area contributed by atoms with E-state index >= 15 is 0 Å². The van der Waals surface area contributed by atoms with Gasteiger partial charge in [0.05, 0.1) is 5.56 Å². The van der Waals surface area contributed by atoms with Gasteiger partial charge in [0.15, 0.2) is 0 Å². The first kappa shape index (κ1) is 13.6. The fourth-order valence-electron chi connectivity index (χ4n) is 1.75. The summed E-state index contributed by atoms with van der Waals surface area (Å²) in [6, 6.07) is 11.0. The highest BCUT2D eigenvalue weighted by atomic mass is 19.3. The lowest BCUT2D eigenvalue weighted by molar-refractivity contribution is 0.0607. The molecule has 0 atom stereocenters. The van der Waals surface area contributed by atoms with Gasteiger partial charge in [-0.05, 0) is 5.56 Å². The normalized spacial score (nSPS) is 11.4. The molecule has 0 fully saturated rings. The zero-order chi connectivity index (χ0) is 14.0. The summed E-state index contributed by atoms with van der Waals surface area (Å²) in [7, 11) is -3.95. The number of rotatable bonds is 3. The molecule has 0 radical (unpaired) electrons. The third-order valence-corrected chi connectivity index (χ3v) is 2.72. The van der Waals surface area contributed by atoms with Crippen LogP contribution in [0.5, 0.6) is 0 Å². The average Bonchev–Trinajstić information content (AvgIpc) is 2.39. The maximum atomic E-state index is 14.0. The Morgan fingerprint density at radius 3 is 2.05 bits per heavy atom. The van der Waals surface area contributed by atoms with Crippen LogP contribution in [0.3, 0.4) is 0 Å². The smallest absolute Gasteiger partial charge is 0.280 e. The van der Waals surface area contributed by atoms with E-state index in [1.807, 2.05) is 0 Å². The van der Waals surface area contributed by atoms with Crippen LogP contribution in [0.15, 0.2) is 48.5 Å². The van der Waals surface area contributed by atoms with Crippen LogP contribution in [0, 0.1) is 5.82 Å². The fourth-order valence-corrected chi connectivity index (χ4v) is 1.75. The molecule has 0 aliphatic heterocycles. The predicted molar refractivity (Wildman–Crippen MR) is 63.7 cm³/mol. The van der Waals surface area contributed by atoms with E-state index in [9.17, 15) is 21.8 Å². The van der Waals surface area contributed by atoms with Crippen molar-refractivity contribution in [1.82, 2.24) is 0 Å². The highest BCUT2D eigenvalue weighted by Gasteiger charge is 2.51. The Hall–Kier alpha value is -1.85. The third-order valence-electron chi connectivity index (χ3n) is 2.72. The summed E-state index contributed by atoms with van der Waals surface area (Å²) in [6.07, 6.45) is 0. The first-order valence-electron chi connectivity index (χ1n) is 5.45. The van der Waals surface area contributed by atoms with Crippen LogP contribution in [-0.4, -0.2) is 7.27 Å². The molecule has 0 bridgehead atoms. The molecule has 98 valence electrons. The molecular formula is C13H8BF5. The van der Waals surface area contributed by atoms with E-state index in [4.69, 9.17) is 0 Å². The number of hydrogen-bond donors (Lipinski definition) is 0. The average molecular weight is 270 g/mol. The van der Waals surface area contributed by atoms with Crippen molar-refractivity contribution in [3.8, 4) is 11.1 Å². The van der Waals surface area contributed by atoms with Gasteiger partial charge in [-0.2, -0.15) is 0 Å². The number of halogens is 5. The second kappa shape index (κ2) is 5.03. The number of alkyl halides is 2. The zero-order valence-electron chi connectivity index (χ0n) is 9.59. The van der Waals surface area contributed by atoms with E-state index in [1.165, 1.54) is 18.2 Å². The Morgan fingerprint density at radius 2 is 1.47 bits per heavy atom. The van der Waals surface area contributed by atoms with Crippen molar-refractivity contribution in [2.24, 2.45) is 0 Å². The first-order valence-corrected chi connectivity index (χ1v) is 5.45. The molecule has 0 amide bonds. The molecule has 0 aliphatic carbocycles. The van der Waals surface area contributed by atoms with E-state index < -0.39 is 24.5 Å². The maximum Gasteiger partial charge on any atom is 0.613 e. The molecule has 2 aromatic rings. The van der Waals surface area contributed by atoms with Crippen molar-refractivity contribution in [1.29, 1.82) is 0 Å². The van der Waals surface area contributed by atoms with Crippen LogP contribution in [0.1, 0.15) is 5.56 Å². The molecule has 0 aliphatic rings. The Bertz CT molecular complexity index is 569. The second-order valence-corrected chi connectivity index (χ2v) is 3.96. The molecule has 6 heteroatoms. The Balaban J connectivity index is 2.57. The summed E-state index contributed by atoms with van der Waals surface area (Å²) < 4.78 is 65.1. The van der Waals surface area contributed by atoms with Gasteiger partial charge in [-0.3, -0.25) is 8.63 Å². The van der Waals surface area contributed by atoms with Gasteiger partial charge in [-0.25, -0.2) is 13.2 Å². The summed E-state index contributed by atoms with van der Waals surface area (Å²) in [6.45, 7) is 0. The van der Waals surface area contributed by atoms with Gasteiger partial charge < -0.3 is 0 Å². The Morgan fingerprint density at radius 1 is 0.842 bits per heavy atom. The van der Waals surface area contributed by atoms with Gasteiger partial charge in [-0.1, -0.05) is 48.5 Å². The Labute approximate surface area is 107 Å². The molecule has 0 unspecified atom stereocenters. The van der Waals surface area contributed by atoms with Crippen LogP contribution in [0.25, 0.3) is 11.1 Å². The van der Waals surface area contributed by atoms with Gasteiger partial charge in [-0.15, -0.1) is 0 Å². The molecule has 0 nitrogen and oxygen atoms in total. The van der Waals surface area contributed by atoms with Crippen molar-refractivity contribution in [3.05, 3.63) is 59.9 Å². The quantitative estimate of drug-likeness (QED) is 0.567. The fraction of sp³-hybridized carbons (Fsp3) is 0.0769. The van der Waals surface area contributed by atoms with E-state index in [0.29, 0.717) is 11.6 Å². The molecule has 0 spiro atoms. The molecule has 0 saturated carbocycles. The van der Waals surface area contributed by atoms with Gasteiger partial charge >= 0.3 is 13.1 Å². The highest BCUT2D eigenvalue weighted by molar-refractivity contribution is 6.45. The van der Waals surface area contributed by atoms with Crippen molar-refractivity contribution >= 4 is 7.27 Å². The molecule has 0 aromatic heterocycles. The summed E-state index contributed by atoms with van der Waals surface area (Å²) in [5.74, 6) is -5.83. The van der Waals surface area contributed by atoms with Crippen molar-refractivity contribution in [2.45, 2.75) is 5.82 Å². The number of benzene rings is 2. The summed E-state index contributed by atoms with van der Waals surface area (Å²) in [5, 5.41) is 0. The minimum Gasteiger partial charge on any atom is -0.280 e. The minimum absolute atomic E-state index is 0.126. The van der Waals surface area contributed by atoms with Crippen LogP contribution >= 0.6 is 0 Å². The minimum atomic E-state index is -4.51. The van der Waals surface area contributed by atoms with Crippen LogP contribution in [-0.2, 0) is 5.82 Å². The standard InChI is InChI=1S/C13H8BF5/c15-12-10(9-5-2-1-3-6-9)7-4-8-11(12)13(16,17)14(18)19/h1-8H. The van der Waals surface area contributed by atoms with Gasteiger partial charge in [0.1, 0.15) is 5.82 Å². The van der Waals surface area contributed by atoms with Gasteiger partial charge in [0.2, 0.25) is 0 Å². The topological polar surface area (TPSA) is 0 Å². The Kier molecular flexibility index (Phi) is 3.60. The SMILES string of the molecule is FB(F)C(F)(F)c1cccc(-c2ccccc2)c1F. The zero-order valence-corrected chi connectivity index (χ0v) is 9.59. The van der Waals surface area contributed by atoms with Crippen LogP contribution in [0.2, 0.25) is 0 Å². The molecule has 2 aromatic carbocycles.